The summed E-state index contributed by atoms with van der Waals surface area (Å²) in [5.41, 5.74) is 1.20. The third kappa shape index (κ3) is 7.94. The van der Waals surface area contributed by atoms with Crippen LogP contribution >= 0.6 is 0 Å². The molecule has 0 saturated carbocycles. The van der Waals surface area contributed by atoms with Gasteiger partial charge >= 0.3 is 5.97 Å². The highest BCUT2D eigenvalue weighted by Crippen LogP contribution is 2.23. The van der Waals surface area contributed by atoms with Crippen molar-refractivity contribution in [3.8, 4) is 0 Å². The van der Waals surface area contributed by atoms with Crippen molar-refractivity contribution in [3.63, 3.8) is 0 Å². The van der Waals surface area contributed by atoms with Gasteiger partial charge in [-0.1, -0.05) is 56.3 Å². The van der Waals surface area contributed by atoms with E-state index in [1.807, 2.05) is 13.8 Å². The van der Waals surface area contributed by atoms with Gasteiger partial charge in [0.2, 0.25) is 0 Å². The predicted octanol–water partition coefficient (Wildman–Crippen LogP) is 5.68. The van der Waals surface area contributed by atoms with Gasteiger partial charge < -0.3 is 4.74 Å². The van der Waals surface area contributed by atoms with Crippen LogP contribution in [-0.2, 0) is 14.3 Å². The molecule has 0 bridgehead atoms. The predicted molar refractivity (Wildman–Crippen MR) is 98.9 cm³/mol. The molecule has 1 aliphatic heterocycles. The minimum atomic E-state index is -0.422. The molecule has 3 heteroatoms. The minimum absolute atomic E-state index is 0.0339. The summed E-state index contributed by atoms with van der Waals surface area (Å²) in [6.07, 6.45) is 16.2. The SMILES string of the molecule is CC=CCCCCCCCCCCC(=O)C1=C(C)CC(C)OC1=O. The van der Waals surface area contributed by atoms with Gasteiger partial charge in [0, 0.05) is 12.8 Å². The van der Waals surface area contributed by atoms with Crippen molar-refractivity contribution in [2.45, 2.75) is 97.5 Å². The molecule has 0 N–H and O–H groups in total. The minimum Gasteiger partial charge on any atom is -0.459 e. The fourth-order valence-electron chi connectivity index (χ4n) is 3.24. The van der Waals surface area contributed by atoms with Gasteiger partial charge in [0.25, 0.3) is 0 Å². The van der Waals surface area contributed by atoms with Crippen LogP contribution in [0.1, 0.15) is 91.4 Å². The maximum atomic E-state index is 12.2. The van der Waals surface area contributed by atoms with Crippen LogP contribution in [-0.4, -0.2) is 17.9 Å². The van der Waals surface area contributed by atoms with Gasteiger partial charge in [0.1, 0.15) is 11.7 Å². The normalized spacial score (nSPS) is 18.3. The second kappa shape index (κ2) is 12.0. The Morgan fingerprint density at radius 1 is 1.08 bits per heavy atom. The maximum absolute atomic E-state index is 12.2. The number of hydrogen-bond acceptors (Lipinski definition) is 3. The van der Waals surface area contributed by atoms with E-state index in [9.17, 15) is 9.59 Å². The lowest BCUT2D eigenvalue weighted by Gasteiger charge is -2.22. The summed E-state index contributed by atoms with van der Waals surface area (Å²) in [5.74, 6) is -0.456. The molecule has 0 amide bonds. The summed E-state index contributed by atoms with van der Waals surface area (Å²) < 4.78 is 5.18. The van der Waals surface area contributed by atoms with Crippen LogP contribution in [0.5, 0.6) is 0 Å². The molecule has 1 aliphatic rings. The molecule has 1 rings (SSSR count). The second-order valence-electron chi connectivity index (χ2n) is 6.93. The number of esters is 1. The van der Waals surface area contributed by atoms with Crippen LogP contribution in [0.4, 0.5) is 0 Å². The molecule has 0 aliphatic carbocycles. The van der Waals surface area contributed by atoms with Gasteiger partial charge in [0.05, 0.1) is 0 Å². The monoisotopic (exact) mass is 334 g/mol. The summed E-state index contributed by atoms with van der Waals surface area (Å²) in [4.78, 5) is 24.1. The molecule has 0 spiro atoms. The average molecular weight is 335 g/mol. The maximum Gasteiger partial charge on any atom is 0.341 e. The zero-order chi connectivity index (χ0) is 17.8. The molecule has 0 radical (unpaired) electrons. The largest absolute Gasteiger partial charge is 0.459 e. The molecule has 3 nitrogen and oxygen atoms in total. The van der Waals surface area contributed by atoms with Crippen molar-refractivity contribution in [3.05, 3.63) is 23.3 Å². The Hall–Kier alpha value is -1.38. The Morgan fingerprint density at radius 3 is 2.25 bits per heavy atom. The number of ether oxygens (including phenoxy) is 1. The lowest BCUT2D eigenvalue weighted by atomic mass is 9.95. The van der Waals surface area contributed by atoms with E-state index >= 15 is 0 Å². The van der Waals surface area contributed by atoms with Gasteiger partial charge in [-0.3, -0.25) is 4.79 Å². The van der Waals surface area contributed by atoms with Gasteiger partial charge in [-0.15, -0.1) is 0 Å². The van der Waals surface area contributed by atoms with Crippen molar-refractivity contribution in [1.82, 2.24) is 0 Å². The molecule has 1 atom stereocenters. The van der Waals surface area contributed by atoms with Crippen LogP contribution < -0.4 is 0 Å². The zero-order valence-corrected chi connectivity index (χ0v) is 15.7. The summed E-state index contributed by atoms with van der Waals surface area (Å²) >= 11 is 0. The standard InChI is InChI=1S/C21H34O3/c1-4-5-6-7-8-9-10-11-12-13-14-15-19(22)20-17(2)16-18(3)24-21(20)23/h4-5,18H,6-16H2,1-3H3. The summed E-state index contributed by atoms with van der Waals surface area (Å²) in [5, 5.41) is 0. The summed E-state index contributed by atoms with van der Waals surface area (Å²) in [6.45, 7) is 5.81. The highest BCUT2D eigenvalue weighted by Gasteiger charge is 2.28. The van der Waals surface area contributed by atoms with Crippen LogP contribution in [0.3, 0.4) is 0 Å². The van der Waals surface area contributed by atoms with E-state index in [2.05, 4.69) is 19.1 Å². The Labute approximate surface area is 147 Å². The number of carbonyl (C=O) groups excluding carboxylic acids is 2. The van der Waals surface area contributed by atoms with Crippen LogP contribution in [0.25, 0.3) is 0 Å². The van der Waals surface area contributed by atoms with Crippen LogP contribution in [0.2, 0.25) is 0 Å². The molecule has 0 aromatic carbocycles. The molecule has 1 unspecified atom stereocenters. The first-order valence-electron chi connectivity index (χ1n) is 9.61. The van der Waals surface area contributed by atoms with Gasteiger partial charge in [0.15, 0.2) is 5.78 Å². The number of rotatable bonds is 12. The summed E-state index contributed by atoms with van der Waals surface area (Å²) in [7, 11) is 0. The fourth-order valence-corrected chi connectivity index (χ4v) is 3.24. The first-order chi connectivity index (χ1) is 11.6. The van der Waals surface area contributed by atoms with Crippen molar-refractivity contribution in [2.24, 2.45) is 0 Å². The topological polar surface area (TPSA) is 43.4 Å². The number of ketones is 1. The average Bonchev–Trinajstić information content (AvgIpc) is 2.51. The Balaban J connectivity index is 2.08. The molecule has 1 heterocycles. The van der Waals surface area contributed by atoms with Crippen LogP contribution in [0, 0.1) is 0 Å². The lowest BCUT2D eigenvalue weighted by molar-refractivity contribution is -0.146. The number of carbonyl (C=O) groups is 2. The highest BCUT2D eigenvalue weighted by atomic mass is 16.5. The van der Waals surface area contributed by atoms with E-state index in [0.29, 0.717) is 18.4 Å². The van der Waals surface area contributed by atoms with Gasteiger partial charge in [-0.05, 0) is 40.0 Å². The number of hydrogen-bond donors (Lipinski definition) is 0. The van der Waals surface area contributed by atoms with E-state index < -0.39 is 5.97 Å². The van der Waals surface area contributed by atoms with E-state index in [1.165, 1.54) is 44.9 Å². The molecule has 24 heavy (non-hydrogen) atoms. The van der Waals surface area contributed by atoms with E-state index in [-0.39, 0.29) is 11.9 Å². The van der Waals surface area contributed by atoms with Crippen molar-refractivity contribution in [1.29, 1.82) is 0 Å². The second-order valence-corrected chi connectivity index (χ2v) is 6.93. The zero-order valence-electron chi connectivity index (χ0n) is 15.7. The Bertz CT molecular complexity index is 460. The van der Waals surface area contributed by atoms with Crippen LogP contribution in [0.15, 0.2) is 23.3 Å². The molecule has 0 saturated heterocycles. The number of allylic oxidation sites excluding steroid dienone is 2. The first kappa shape index (κ1) is 20.7. The van der Waals surface area contributed by atoms with Crippen molar-refractivity contribution >= 4 is 11.8 Å². The lowest BCUT2D eigenvalue weighted by Crippen LogP contribution is -2.27. The van der Waals surface area contributed by atoms with Gasteiger partial charge in [-0.25, -0.2) is 4.79 Å². The van der Waals surface area contributed by atoms with Crippen molar-refractivity contribution < 1.29 is 14.3 Å². The molecular formula is C21H34O3. The molecule has 0 aromatic rings. The van der Waals surface area contributed by atoms with E-state index in [0.717, 1.165) is 18.4 Å². The van der Waals surface area contributed by atoms with E-state index in [4.69, 9.17) is 4.74 Å². The third-order valence-electron chi connectivity index (χ3n) is 4.57. The third-order valence-corrected chi connectivity index (χ3v) is 4.57. The number of Topliss-reactive ketones (excluding diaryl/α,β-unsaturated/α-hetero) is 1. The molecule has 0 fully saturated rings. The molecule has 0 aromatic heterocycles. The quantitative estimate of drug-likeness (QED) is 0.199. The Morgan fingerprint density at radius 2 is 1.67 bits per heavy atom. The number of cyclic esters (lactones) is 1. The fraction of sp³-hybridized carbons (Fsp3) is 0.714. The first-order valence-corrected chi connectivity index (χ1v) is 9.61. The van der Waals surface area contributed by atoms with Gasteiger partial charge in [-0.2, -0.15) is 0 Å². The number of unbranched alkanes of at least 4 members (excludes halogenated alkanes) is 8. The van der Waals surface area contributed by atoms with E-state index in [1.54, 1.807) is 0 Å². The van der Waals surface area contributed by atoms with Crippen molar-refractivity contribution in [2.75, 3.05) is 0 Å². The smallest absolute Gasteiger partial charge is 0.341 e. The highest BCUT2D eigenvalue weighted by molar-refractivity contribution is 6.18. The molecular weight excluding hydrogens is 300 g/mol. The summed E-state index contributed by atoms with van der Waals surface area (Å²) in [6, 6.07) is 0. The molecule has 136 valence electrons. The Kier molecular flexibility index (Phi) is 10.4.